The highest BCUT2D eigenvalue weighted by molar-refractivity contribution is 5.91. The molecule has 98 valence electrons. The van der Waals surface area contributed by atoms with E-state index >= 15 is 0 Å². The maximum Gasteiger partial charge on any atom is 0.290 e. The molecule has 0 aliphatic carbocycles. The summed E-state index contributed by atoms with van der Waals surface area (Å²) in [7, 11) is 0. The zero-order valence-corrected chi connectivity index (χ0v) is 11.0. The first-order valence-corrected chi connectivity index (χ1v) is 6.67. The van der Waals surface area contributed by atoms with E-state index in [1.165, 1.54) is 11.1 Å². The standard InChI is InChI=1S/C16H17NO2/c1-12-6-8-13(9-7-12)14-4-2-10-17(14)16(18)15-5-3-11-19-15/h3,5-9,11,14H,2,4,10H2,1H3. The minimum atomic E-state index is -0.00641. The summed E-state index contributed by atoms with van der Waals surface area (Å²) in [6, 6.07) is 12.1. The van der Waals surface area contributed by atoms with Crippen LogP contribution in [-0.2, 0) is 0 Å². The summed E-state index contributed by atoms with van der Waals surface area (Å²) >= 11 is 0. The lowest BCUT2D eigenvalue weighted by Crippen LogP contribution is -2.30. The van der Waals surface area contributed by atoms with Crippen molar-refractivity contribution in [2.24, 2.45) is 0 Å². The molecular weight excluding hydrogens is 238 g/mol. The second-order valence-electron chi connectivity index (χ2n) is 5.04. The third-order valence-electron chi connectivity index (χ3n) is 3.71. The molecule has 0 N–H and O–H groups in total. The molecule has 0 saturated carbocycles. The lowest BCUT2D eigenvalue weighted by Gasteiger charge is -2.24. The number of aryl methyl sites for hydroxylation is 1. The Morgan fingerprint density at radius 3 is 2.74 bits per heavy atom. The molecule has 3 rings (SSSR count). The molecule has 0 spiro atoms. The number of hydrogen-bond acceptors (Lipinski definition) is 2. The Kier molecular flexibility index (Phi) is 3.11. The molecule has 1 aliphatic heterocycles. The minimum absolute atomic E-state index is 0.00641. The zero-order valence-electron chi connectivity index (χ0n) is 11.0. The van der Waals surface area contributed by atoms with Gasteiger partial charge in [0.2, 0.25) is 0 Å². The van der Waals surface area contributed by atoms with E-state index < -0.39 is 0 Å². The molecule has 1 atom stereocenters. The maximum absolute atomic E-state index is 12.4. The molecule has 0 radical (unpaired) electrons. The van der Waals surface area contributed by atoms with Gasteiger partial charge in [-0.05, 0) is 37.5 Å². The molecule has 1 saturated heterocycles. The molecule has 1 amide bonds. The first kappa shape index (κ1) is 12.0. The number of hydrogen-bond donors (Lipinski definition) is 0. The van der Waals surface area contributed by atoms with E-state index in [1.54, 1.807) is 18.4 Å². The van der Waals surface area contributed by atoms with Gasteiger partial charge < -0.3 is 9.32 Å². The Labute approximate surface area is 112 Å². The summed E-state index contributed by atoms with van der Waals surface area (Å²) in [6.07, 6.45) is 3.62. The van der Waals surface area contributed by atoms with Crippen molar-refractivity contribution in [2.75, 3.05) is 6.54 Å². The molecule has 2 heterocycles. The summed E-state index contributed by atoms with van der Waals surface area (Å²) in [5.41, 5.74) is 2.45. The van der Waals surface area contributed by atoms with Crippen LogP contribution in [0.1, 0.15) is 40.6 Å². The Balaban J connectivity index is 1.85. The highest BCUT2D eigenvalue weighted by Gasteiger charge is 2.31. The molecule has 1 unspecified atom stereocenters. The van der Waals surface area contributed by atoms with Gasteiger partial charge in [-0.3, -0.25) is 4.79 Å². The molecule has 1 aromatic heterocycles. The van der Waals surface area contributed by atoms with E-state index in [-0.39, 0.29) is 11.9 Å². The summed E-state index contributed by atoms with van der Waals surface area (Å²) < 4.78 is 5.22. The Hall–Kier alpha value is -2.03. The molecule has 2 aromatic rings. The predicted octanol–water partition coefficient (Wildman–Crippen LogP) is 3.57. The molecule has 1 aromatic carbocycles. The van der Waals surface area contributed by atoms with E-state index in [0.717, 1.165) is 19.4 Å². The van der Waals surface area contributed by atoms with Crippen molar-refractivity contribution >= 4 is 5.91 Å². The van der Waals surface area contributed by atoms with Crippen LogP contribution in [0.3, 0.4) is 0 Å². The van der Waals surface area contributed by atoms with E-state index in [4.69, 9.17) is 4.42 Å². The number of benzene rings is 1. The van der Waals surface area contributed by atoms with Crippen molar-refractivity contribution < 1.29 is 9.21 Å². The molecule has 1 aliphatic rings. The number of likely N-dealkylation sites (tertiary alicyclic amines) is 1. The van der Waals surface area contributed by atoms with Gasteiger partial charge in [-0.25, -0.2) is 0 Å². The van der Waals surface area contributed by atoms with Crippen LogP contribution in [0.4, 0.5) is 0 Å². The van der Waals surface area contributed by atoms with Gasteiger partial charge in [0, 0.05) is 6.54 Å². The van der Waals surface area contributed by atoms with Crippen LogP contribution in [0, 0.1) is 6.92 Å². The third-order valence-corrected chi connectivity index (χ3v) is 3.71. The number of furan rings is 1. The first-order valence-electron chi connectivity index (χ1n) is 6.67. The maximum atomic E-state index is 12.4. The fourth-order valence-electron chi connectivity index (χ4n) is 2.69. The number of carbonyl (C=O) groups excluding carboxylic acids is 1. The second kappa shape index (κ2) is 4.92. The number of rotatable bonds is 2. The van der Waals surface area contributed by atoms with Crippen LogP contribution in [-0.4, -0.2) is 17.4 Å². The molecule has 19 heavy (non-hydrogen) atoms. The van der Waals surface area contributed by atoms with Gasteiger partial charge in [-0.1, -0.05) is 29.8 Å². The Morgan fingerprint density at radius 1 is 1.26 bits per heavy atom. The van der Waals surface area contributed by atoms with Crippen LogP contribution < -0.4 is 0 Å². The SMILES string of the molecule is Cc1ccc(C2CCCN2C(=O)c2ccco2)cc1. The monoisotopic (exact) mass is 255 g/mol. The average Bonchev–Trinajstić information content (AvgIpc) is 3.10. The van der Waals surface area contributed by atoms with Crippen LogP contribution in [0.25, 0.3) is 0 Å². The van der Waals surface area contributed by atoms with E-state index in [2.05, 4.69) is 31.2 Å². The van der Waals surface area contributed by atoms with Crippen molar-refractivity contribution in [3.8, 4) is 0 Å². The zero-order chi connectivity index (χ0) is 13.2. The summed E-state index contributed by atoms with van der Waals surface area (Å²) in [6.45, 7) is 2.88. The number of carbonyl (C=O) groups is 1. The number of nitrogens with zero attached hydrogens (tertiary/aromatic N) is 1. The molecule has 3 heteroatoms. The van der Waals surface area contributed by atoms with Gasteiger partial charge in [0.1, 0.15) is 0 Å². The van der Waals surface area contributed by atoms with E-state index in [9.17, 15) is 4.79 Å². The van der Waals surface area contributed by atoms with Gasteiger partial charge in [-0.15, -0.1) is 0 Å². The predicted molar refractivity (Wildman–Crippen MR) is 72.9 cm³/mol. The second-order valence-corrected chi connectivity index (χ2v) is 5.04. The fourth-order valence-corrected chi connectivity index (χ4v) is 2.69. The van der Waals surface area contributed by atoms with Gasteiger partial charge >= 0.3 is 0 Å². The smallest absolute Gasteiger partial charge is 0.290 e. The van der Waals surface area contributed by atoms with Crippen molar-refractivity contribution in [1.82, 2.24) is 4.90 Å². The normalized spacial score (nSPS) is 18.8. The highest BCUT2D eigenvalue weighted by atomic mass is 16.3. The van der Waals surface area contributed by atoms with E-state index in [0.29, 0.717) is 5.76 Å². The van der Waals surface area contributed by atoms with Gasteiger partial charge in [0.15, 0.2) is 5.76 Å². The van der Waals surface area contributed by atoms with E-state index in [1.807, 2.05) is 4.90 Å². The van der Waals surface area contributed by atoms with Gasteiger partial charge in [0.05, 0.1) is 12.3 Å². The van der Waals surface area contributed by atoms with Gasteiger partial charge in [-0.2, -0.15) is 0 Å². The quantitative estimate of drug-likeness (QED) is 0.822. The summed E-state index contributed by atoms with van der Waals surface area (Å²) in [5.74, 6) is 0.423. The third kappa shape index (κ3) is 2.28. The topological polar surface area (TPSA) is 33.5 Å². The highest BCUT2D eigenvalue weighted by Crippen LogP contribution is 2.33. The van der Waals surface area contributed by atoms with Crippen LogP contribution >= 0.6 is 0 Å². The molecule has 1 fully saturated rings. The largest absolute Gasteiger partial charge is 0.459 e. The van der Waals surface area contributed by atoms with Crippen molar-refractivity contribution in [1.29, 1.82) is 0 Å². The van der Waals surface area contributed by atoms with Gasteiger partial charge in [0.25, 0.3) is 5.91 Å². The lowest BCUT2D eigenvalue weighted by atomic mass is 10.0. The average molecular weight is 255 g/mol. The van der Waals surface area contributed by atoms with Crippen LogP contribution in [0.15, 0.2) is 47.1 Å². The summed E-state index contributed by atoms with van der Waals surface area (Å²) in [4.78, 5) is 14.3. The Bertz CT molecular complexity index is 557. The van der Waals surface area contributed by atoms with Crippen LogP contribution in [0.5, 0.6) is 0 Å². The summed E-state index contributed by atoms with van der Waals surface area (Å²) in [5, 5.41) is 0. The van der Waals surface area contributed by atoms with Crippen molar-refractivity contribution in [3.05, 3.63) is 59.5 Å². The van der Waals surface area contributed by atoms with Crippen molar-refractivity contribution in [3.63, 3.8) is 0 Å². The fraction of sp³-hybridized carbons (Fsp3) is 0.312. The number of amides is 1. The lowest BCUT2D eigenvalue weighted by molar-refractivity contribution is 0.0703. The minimum Gasteiger partial charge on any atom is -0.459 e. The molecule has 0 bridgehead atoms. The van der Waals surface area contributed by atoms with Crippen molar-refractivity contribution in [2.45, 2.75) is 25.8 Å². The first-order chi connectivity index (χ1) is 9.25. The molecule has 3 nitrogen and oxygen atoms in total. The Morgan fingerprint density at radius 2 is 2.05 bits per heavy atom. The molecular formula is C16H17NO2. The van der Waals surface area contributed by atoms with Crippen LogP contribution in [0.2, 0.25) is 0 Å².